The Morgan fingerprint density at radius 3 is 1.92 bits per heavy atom. The summed E-state index contributed by atoms with van der Waals surface area (Å²) in [5.74, 6) is -1.51. The van der Waals surface area contributed by atoms with Crippen LogP contribution in [0.3, 0.4) is 0 Å². The average Bonchev–Trinajstić information content (AvgIpc) is 3.52. The average molecular weight is 550 g/mol. The second kappa shape index (κ2) is 19.9. The molecule has 0 aromatic rings. The Morgan fingerprint density at radius 1 is 0.811 bits per heavy atom. The van der Waals surface area contributed by atoms with Gasteiger partial charge in [0.2, 0.25) is 23.6 Å². The van der Waals surface area contributed by atoms with Gasteiger partial charge in [0, 0.05) is 26.3 Å². The summed E-state index contributed by atoms with van der Waals surface area (Å²) in [7, 11) is -1.61. The Bertz CT molecular complexity index is 728. The molecule has 4 N–H and O–H groups in total. The molecule has 0 saturated carbocycles. The van der Waals surface area contributed by atoms with Crippen LogP contribution in [0.2, 0.25) is 0 Å². The molecule has 2 atom stereocenters. The first-order chi connectivity index (χ1) is 17.8. The van der Waals surface area contributed by atoms with E-state index in [0.717, 1.165) is 18.9 Å². The highest BCUT2D eigenvalue weighted by atomic mass is 31.2. The molecule has 13 nitrogen and oxygen atoms in total. The number of ether oxygens (including phenoxy) is 2. The Balaban J connectivity index is 1.91. The molecule has 14 heteroatoms. The predicted molar refractivity (Wildman–Crippen MR) is 137 cm³/mol. The molecule has 0 spiro atoms. The summed E-state index contributed by atoms with van der Waals surface area (Å²) in [6.45, 7) is 5.71. The molecule has 1 rings (SSSR count). The zero-order valence-electron chi connectivity index (χ0n) is 21.9. The van der Waals surface area contributed by atoms with Crippen molar-refractivity contribution < 1.29 is 42.5 Å². The van der Waals surface area contributed by atoms with Crippen molar-refractivity contribution in [2.45, 2.75) is 51.8 Å². The molecule has 0 aliphatic carbocycles. The molecule has 1 heterocycles. The lowest BCUT2D eigenvalue weighted by Crippen LogP contribution is -2.44. The maximum absolute atomic E-state index is 11.8. The quantitative estimate of drug-likeness (QED) is 0.0587. The maximum atomic E-state index is 11.8. The minimum Gasteiger partial charge on any atom is -0.377 e. The Labute approximate surface area is 218 Å². The van der Waals surface area contributed by atoms with Crippen LogP contribution in [-0.4, -0.2) is 101 Å². The van der Waals surface area contributed by atoms with Crippen LogP contribution < -0.4 is 21.3 Å². The molecule has 212 valence electrons. The summed E-state index contributed by atoms with van der Waals surface area (Å²) in [5, 5.41) is 9.78. The van der Waals surface area contributed by atoms with Gasteiger partial charge in [-0.1, -0.05) is 6.92 Å². The summed E-state index contributed by atoms with van der Waals surface area (Å²) < 4.78 is 22.4. The highest BCUT2D eigenvalue weighted by molar-refractivity contribution is 7.72. The van der Waals surface area contributed by atoms with Gasteiger partial charge in [-0.25, -0.2) is 4.52 Å². The first-order valence-corrected chi connectivity index (χ1v) is 14.6. The minimum absolute atomic E-state index is 0.223. The number of hydrogen-bond acceptors (Lipinski definition) is 9. The SMILES string of the molecule is CCC[P+]1(OCCOCCOCCNC(=O)CNC(=O)CNC(=O)CNC(=O)CCCCC=O)OC1C. The van der Waals surface area contributed by atoms with Gasteiger partial charge in [-0.3, -0.25) is 19.2 Å². The van der Waals surface area contributed by atoms with E-state index >= 15 is 0 Å². The van der Waals surface area contributed by atoms with Gasteiger partial charge >= 0.3 is 7.72 Å². The largest absolute Gasteiger partial charge is 0.377 e. The molecule has 2 unspecified atom stereocenters. The monoisotopic (exact) mass is 549 g/mol. The fourth-order valence-electron chi connectivity index (χ4n) is 3.14. The normalized spacial score (nSPS) is 18.1. The summed E-state index contributed by atoms with van der Waals surface area (Å²) in [5.41, 5.74) is 0. The van der Waals surface area contributed by atoms with Gasteiger partial charge in [-0.15, -0.1) is 0 Å². The third-order valence-electron chi connectivity index (χ3n) is 5.17. The third-order valence-corrected chi connectivity index (χ3v) is 8.54. The Hall–Kier alpha value is -2.18. The standard InChI is InChI=1S/C23H41N4O9P/c1-3-15-37(19(2)36-37)35-14-13-34-12-11-33-10-8-24-21(30)16-26-23(32)18-27-22(31)17-25-20(29)7-5-4-6-9-28/h9,19H,3-8,10-18H2,1-2H3,(H3-,24,25,26,27,29,30,31,32)/p+1. The van der Waals surface area contributed by atoms with Gasteiger partial charge in [0.05, 0.1) is 46.1 Å². The number of amides is 4. The van der Waals surface area contributed by atoms with Crippen LogP contribution in [0.25, 0.3) is 0 Å². The van der Waals surface area contributed by atoms with Gasteiger partial charge in [0.15, 0.2) is 0 Å². The van der Waals surface area contributed by atoms with Crippen LogP contribution in [-0.2, 0) is 42.5 Å². The van der Waals surface area contributed by atoms with E-state index in [2.05, 4.69) is 28.2 Å². The molecular weight excluding hydrogens is 507 g/mol. The fraction of sp³-hybridized carbons (Fsp3) is 0.783. The fourth-order valence-corrected chi connectivity index (χ4v) is 5.79. The van der Waals surface area contributed by atoms with Crippen LogP contribution in [0.1, 0.15) is 46.0 Å². The van der Waals surface area contributed by atoms with Crippen molar-refractivity contribution in [1.29, 1.82) is 0 Å². The van der Waals surface area contributed by atoms with E-state index in [0.29, 0.717) is 52.3 Å². The number of unbranched alkanes of at least 4 members (excludes halogenated alkanes) is 2. The number of carbonyl (C=O) groups is 5. The highest BCUT2D eigenvalue weighted by Gasteiger charge is 2.66. The minimum atomic E-state index is -1.61. The van der Waals surface area contributed by atoms with Crippen LogP contribution >= 0.6 is 7.72 Å². The van der Waals surface area contributed by atoms with E-state index < -0.39 is 19.5 Å². The van der Waals surface area contributed by atoms with Crippen LogP contribution in [0.5, 0.6) is 0 Å². The second-order valence-corrected chi connectivity index (χ2v) is 11.4. The number of aldehydes is 1. The van der Waals surface area contributed by atoms with Crippen LogP contribution in [0.4, 0.5) is 0 Å². The Morgan fingerprint density at radius 2 is 1.35 bits per heavy atom. The van der Waals surface area contributed by atoms with Crippen molar-refractivity contribution in [2.24, 2.45) is 0 Å². The molecular formula is C23H42N4O9P+. The lowest BCUT2D eigenvalue weighted by molar-refractivity contribution is -0.128. The smallest absolute Gasteiger partial charge is 0.313 e. The summed E-state index contributed by atoms with van der Waals surface area (Å²) >= 11 is 0. The van der Waals surface area contributed by atoms with E-state index in [9.17, 15) is 24.0 Å². The molecule has 1 aliphatic rings. The number of hydrogen-bond donors (Lipinski definition) is 4. The molecule has 1 fully saturated rings. The van der Waals surface area contributed by atoms with Crippen molar-refractivity contribution in [2.75, 3.05) is 65.4 Å². The van der Waals surface area contributed by atoms with E-state index in [1.54, 1.807) is 0 Å². The van der Waals surface area contributed by atoms with Gasteiger partial charge in [-0.2, -0.15) is 4.52 Å². The zero-order valence-corrected chi connectivity index (χ0v) is 22.8. The third kappa shape index (κ3) is 16.3. The Kier molecular flexibility index (Phi) is 17.6. The zero-order chi connectivity index (χ0) is 27.4. The van der Waals surface area contributed by atoms with Gasteiger partial charge < -0.3 is 35.5 Å². The van der Waals surface area contributed by atoms with Gasteiger partial charge in [0.25, 0.3) is 5.85 Å². The summed E-state index contributed by atoms with van der Waals surface area (Å²) in [6, 6.07) is 0. The molecule has 1 aliphatic heterocycles. The van der Waals surface area contributed by atoms with Crippen molar-refractivity contribution >= 4 is 37.6 Å². The highest BCUT2D eigenvalue weighted by Crippen LogP contribution is 2.80. The summed E-state index contributed by atoms with van der Waals surface area (Å²) in [6.07, 6.45) is 4.62. The molecule has 4 amide bonds. The lowest BCUT2D eigenvalue weighted by Gasteiger charge is -2.09. The first kappa shape index (κ1) is 32.8. The van der Waals surface area contributed by atoms with E-state index in [1.807, 2.05) is 6.92 Å². The van der Waals surface area contributed by atoms with Crippen molar-refractivity contribution in [1.82, 2.24) is 21.3 Å². The van der Waals surface area contributed by atoms with E-state index in [-0.39, 0.29) is 50.3 Å². The number of carbonyl (C=O) groups excluding carboxylic acids is 5. The molecule has 1 saturated heterocycles. The number of nitrogens with one attached hydrogen (secondary N) is 4. The summed E-state index contributed by atoms with van der Waals surface area (Å²) in [4.78, 5) is 57.0. The second-order valence-electron chi connectivity index (χ2n) is 8.31. The molecule has 0 aromatic carbocycles. The maximum Gasteiger partial charge on any atom is 0.313 e. The van der Waals surface area contributed by atoms with E-state index in [4.69, 9.17) is 18.5 Å². The number of rotatable bonds is 23. The van der Waals surface area contributed by atoms with Crippen LogP contribution in [0, 0.1) is 0 Å². The van der Waals surface area contributed by atoms with Gasteiger partial charge in [-0.05, 0) is 19.3 Å². The predicted octanol–water partition coefficient (Wildman–Crippen LogP) is -0.106. The molecule has 37 heavy (non-hydrogen) atoms. The topological polar surface area (TPSA) is 174 Å². The van der Waals surface area contributed by atoms with Gasteiger partial charge in [0.1, 0.15) is 19.1 Å². The lowest BCUT2D eigenvalue weighted by atomic mass is 10.2. The van der Waals surface area contributed by atoms with Crippen molar-refractivity contribution in [3.8, 4) is 0 Å². The van der Waals surface area contributed by atoms with E-state index in [1.165, 1.54) is 0 Å². The first-order valence-electron chi connectivity index (χ1n) is 12.7. The molecule has 0 radical (unpaired) electrons. The molecule has 0 aromatic heterocycles. The molecule has 0 bridgehead atoms. The van der Waals surface area contributed by atoms with Crippen LogP contribution in [0.15, 0.2) is 0 Å². The van der Waals surface area contributed by atoms with Crippen molar-refractivity contribution in [3.63, 3.8) is 0 Å². The van der Waals surface area contributed by atoms with Crippen molar-refractivity contribution in [3.05, 3.63) is 0 Å².